The minimum Gasteiger partial charge on any atom is -0.378 e. The zero-order valence-corrected chi connectivity index (χ0v) is 21.2. The fourth-order valence-corrected chi connectivity index (χ4v) is 9.63. The van der Waals surface area contributed by atoms with Crippen LogP contribution in [0, 0.1) is 52.3 Å². The number of fused-ring (bicyclic) bond motifs is 5. The van der Waals surface area contributed by atoms with Gasteiger partial charge >= 0.3 is 0 Å². The summed E-state index contributed by atoms with van der Waals surface area (Å²) in [6.07, 6.45) is 18.1. The van der Waals surface area contributed by atoms with Gasteiger partial charge in [0, 0.05) is 6.61 Å². The molecule has 0 radical (unpaired) electrons. The average molecular weight is 417 g/mol. The van der Waals surface area contributed by atoms with Gasteiger partial charge in [-0.25, -0.2) is 0 Å². The van der Waals surface area contributed by atoms with E-state index in [2.05, 4.69) is 41.5 Å². The Labute approximate surface area is 188 Å². The quantitative estimate of drug-likeness (QED) is 0.404. The van der Waals surface area contributed by atoms with Crippen LogP contribution < -0.4 is 0 Å². The van der Waals surface area contributed by atoms with E-state index in [4.69, 9.17) is 4.74 Å². The maximum absolute atomic E-state index is 6.09. The molecule has 0 aliphatic heterocycles. The van der Waals surface area contributed by atoms with Crippen molar-refractivity contribution in [3.8, 4) is 0 Å². The zero-order valence-electron chi connectivity index (χ0n) is 21.2. The molecule has 9 atom stereocenters. The summed E-state index contributed by atoms with van der Waals surface area (Å²) in [6.45, 7) is 15.9. The molecule has 0 aromatic rings. The van der Waals surface area contributed by atoms with E-state index >= 15 is 0 Å². The SMILES string of the molecule is CCOC1CC[C@@]2(C)C(CCC3C2CC[C@@]2(C)C3CC[C@@H]2[C@H](C)CCCC(C)C)C1. The summed E-state index contributed by atoms with van der Waals surface area (Å²) in [4.78, 5) is 0. The largest absolute Gasteiger partial charge is 0.378 e. The molecular formula is C29H52O. The van der Waals surface area contributed by atoms with E-state index in [0.29, 0.717) is 16.9 Å². The van der Waals surface area contributed by atoms with E-state index in [9.17, 15) is 0 Å². The maximum Gasteiger partial charge on any atom is 0.0578 e. The van der Waals surface area contributed by atoms with E-state index in [1.165, 1.54) is 70.6 Å². The van der Waals surface area contributed by atoms with E-state index < -0.39 is 0 Å². The van der Waals surface area contributed by atoms with Crippen molar-refractivity contribution in [3.63, 3.8) is 0 Å². The predicted molar refractivity (Wildman–Crippen MR) is 128 cm³/mol. The normalized spacial score (nSPS) is 46.9. The highest BCUT2D eigenvalue weighted by Gasteiger charge is 2.60. The number of hydrogen-bond donors (Lipinski definition) is 0. The van der Waals surface area contributed by atoms with Gasteiger partial charge in [0.1, 0.15) is 0 Å². The van der Waals surface area contributed by atoms with Crippen LogP contribution in [0.4, 0.5) is 0 Å². The fraction of sp³-hybridized carbons (Fsp3) is 1.00. The Balaban J connectivity index is 1.43. The Hall–Kier alpha value is -0.0400. The number of ether oxygens (including phenoxy) is 1. The van der Waals surface area contributed by atoms with Crippen LogP contribution in [0.3, 0.4) is 0 Å². The molecule has 4 saturated carbocycles. The molecule has 0 heterocycles. The zero-order chi connectivity index (χ0) is 21.5. The highest BCUT2D eigenvalue weighted by atomic mass is 16.5. The van der Waals surface area contributed by atoms with Crippen molar-refractivity contribution in [2.45, 2.75) is 125 Å². The third kappa shape index (κ3) is 4.04. The van der Waals surface area contributed by atoms with Gasteiger partial charge in [0.25, 0.3) is 0 Å². The molecule has 0 N–H and O–H groups in total. The predicted octanol–water partition coefficient (Wildman–Crippen LogP) is 8.51. The van der Waals surface area contributed by atoms with Crippen LogP contribution in [-0.2, 0) is 4.74 Å². The first-order valence-corrected chi connectivity index (χ1v) is 13.9. The van der Waals surface area contributed by atoms with Gasteiger partial charge < -0.3 is 4.74 Å². The Morgan fingerprint density at radius 1 is 0.833 bits per heavy atom. The molecule has 1 heteroatoms. The van der Waals surface area contributed by atoms with Crippen LogP contribution in [0.25, 0.3) is 0 Å². The topological polar surface area (TPSA) is 9.23 Å². The first kappa shape index (κ1) is 23.1. The van der Waals surface area contributed by atoms with Crippen LogP contribution in [0.2, 0.25) is 0 Å². The van der Waals surface area contributed by atoms with Crippen molar-refractivity contribution in [2.75, 3.05) is 6.61 Å². The molecule has 0 aromatic heterocycles. The summed E-state index contributed by atoms with van der Waals surface area (Å²) >= 11 is 0. The lowest BCUT2D eigenvalue weighted by molar-refractivity contribution is -0.136. The molecule has 5 unspecified atom stereocenters. The molecule has 0 bridgehead atoms. The second-order valence-corrected chi connectivity index (χ2v) is 13.0. The van der Waals surface area contributed by atoms with Gasteiger partial charge in [-0.1, -0.05) is 53.9 Å². The van der Waals surface area contributed by atoms with E-state index in [-0.39, 0.29) is 0 Å². The molecule has 4 fully saturated rings. The average Bonchev–Trinajstić information content (AvgIpc) is 3.05. The third-order valence-electron chi connectivity index (χ3n) is 11.2. The van der Waals surface area contributed by atoms with Crippen molar-refractivity contribution < 1.29 is 4.74 Å². The van der Waals surface area contributed by atoms with Gasteiger partial charge in [0.05, 0.1) is 6.10 Å². The Morgan fingerprint density at radius 3 is 2.30 bits per heavy atom. The van der Waals surface area contributed by atoms with Gasteiger partial charge in [0.2, 0.25) is 0 Å². The van der Waals surface area contributed by atoms with E-state index in [1.807, 2.05) is 0 Å². The summed E-state index contributed by atoms with van der Waals surface area (Å²) in [5, 5.41) is 0. The molecule has 0 saturated heterocycles. The van der Waals surface area contributed by atoms with Gasteiger partial charge in [-0.05, 0) is 117 Å². The van der Waals surface area contributed by atoms with Crippen LogP contribution in [0.15, 0.2) is 0 Å². The first-order chi connectivity index (χ1) is 14.3. The molecule has 1 nitrogen and oxygen atoms in total. The lowest BCUT2D eigenvalue weighted by atomic mass is 9.44. The summed E-state index contributed by atoms with van der Waals surface area (Å²) in [5.74, 6) is 6.79. The van der Waals surface area contributed by atoms with Crippen LogP contribution in [0.5, 0.6) is 0 Å². The van der Waals surface area contributed by atoms with E-state index in [0.717, 1.165) is 48.0 Å². The van der Waals surface area contributed by atoms with Crippen molar-refractivity contribution in [1.82, 2.24) is 0 Å². The van der Waals surface area contributed by atoms with Crippen molar-refractivity contribution in [3.05, 3.63) is 0 Å². The lowest BCUT2D eigenvalue weighted by Gasteiger charge is -2.61. The minimum atomic E-state index is 0.557. The highest BCUT2D eigenvalue weighted by molar-refractivity contribution is 5.09. The van der Waals surface area contributed by atoms with Gasteiger partial charge in [0.15, 0.2) is 0 Å². The maximum atomic E-state index is 6.09. The second-order valence-electron chi connectivity index (χ2n) is 13.0. The molecule has 0 amide bonds. The number of hydrogen-bond acceptors (Lipinski definition) is 1. The van der Waals surface area contributed by atoms with Gasteiger partial charge in [-0.2, -0.15) is 0 Å². The molecule has 30 heavy (non-hydrogen) atoms. The standard InChI is InChI=1S/C29H52O/c1-7-30-23-15-17-28(5)22(19-23)11-12-24-26-14-13-25(21(4)10-8-9-20(2)3)29(26,6)18-16-27(24)28/h20-27H,7-19H2,1-6H3/t21-,22?,23?,24?,25-,26?,27?,28+,29-/m1/s1. The van der Waals surface area contributed by atoms with Crippen molar-refractivity contribution in [2.24, 2.45) is 52.3 Å². The summed E-state index contributed by atoms with van der Waals surface area (Å²) < 4.78 is 6.09. The number of rotatable bonds is 7. The van der Waals surface area contributed by atoms with Crippen LogP contribution in [0.1, 0.15) is 119 Å². The summed E-state index contributed by atoms with van der Waals surface area (Å²) in [5.41, 5.74) is 1.25. The Morgan fingerprint density at radius 2 is 1.57 bits per heavy atom. The first-order valence-electron chi connectivity index (χ1n) is 13.9. The molecule has 174 valence electrons. The monoisotopic (exact) mass is 416 g/mol. The van der Waals surface area contributed by atoms with E-state index in [1.54, 1.807) is 6.42 Å². The minimum absolute atomic E-state index is 0.557. The van der Waals surface area contributed by atoms with Gasteiger partial charge in [-0.15, -0.1) is 0 Å². The summed E-state index contributed by atoms with van der Waals surface area (Å²) in [7, 11) is 0. The van der Waals surface area contributed by atoms with Crippen LogP contribution >= 0.6 is 0 Å². The molecule has 4 aliphatic rings. The molecule has 4 rings (SSSR count). The fourth-order valence-electron chi connectivity index (χ4n) is 9.63. The Bertz CT molecular complexity index is 569. The second kappa shape index (κ2) is 9.07. The van der Waals surface area contributed by atoms with Gasteiger partial charge in [-0.3, -0.25) is 0 Å². The third-order valence-corrected chi connectivity index (χ3v) is 11.2. The summed E-state index contributed by atoms with van der Waals surface area (Å²) in [6, 6.07) is 0. The molecule has 0 spiro atoms. The van der Waals surface area contributed by atoms with Crippen molar-refractivity contribution in [1.29, 1.82) is 0 Å². The molecule has 4 aliphatic carbocycles. The smallest absolute Gasteiger partial charge is 0.0578 e. The molecule has 0 aromatic carbocycles. The lowest BCUT2D eigenvalue weighted by Crippen LogP contribution is -2.54. The Kier molecular flexibility index (Phi) is 6.99. The van der Waals surface area contributed by atoms with Crippen LogP contribution in [-0.4, -0.2) is 12.7 Å². The van der Waals surface area contributed by atoms with Crippen molar-refractivity contribution >= 4 is 0 Å². The highest BCUT2D eigenvalue weighted by Crippen LogP contribution is 2.68. The molecular weight excluding hydrogens is 364 g/mol.